The van der Waals surface area contributed by atoms with Crippen molar-refractivity contribution in [1.82, 2.24) is 5.32 Å². The summed E-state index contributed by atoms with van der Waals surface area (Å²) in [7, 11) is 1.85. The number of nitrogens with zero attached hydrogens (tertiary/aromatic N) is 1. The predicted octanol–water partition coefficient (Wildman–Crippen LogP) is 3.03. The Hall–Kier alpha value is -1.30. The molecule has 0 atom stereocenters. The quantitative estimate of drug-likeness (QED) is 0.835. The van der Waals surface area contributed by atoms with Gasteiger partial charge in [-0.1, -0.05) is 0 Å². The fraction of sp³-hybridized carbons (Fsp3) is 0.538. The summed E-state index contributed by atoms with van der Waals surface area (Å²) in [6.45, 7) is 1.12. The lowest BCUT2D eigenvalue weighted by Gasteiger charge is -2.33. The summed E-state index contributed by atoms with van der Waals surface area (Å²) in [6, 6.07) is 2.92. The van der Waals surface area contributed by atoms with Gasteiger partial charge >= 0.3 is 6.18 Å². The minimum Gasteiger partial charge on any atom is -0.369 e. The van der Waals surface area contributed by atoms with Crippen LogP contribution in [0.3, 0.4) is 0 Å². The maximum absolute atomic E-state index is 13.7. The molecule has 1 aliphatic heterocycles. The Morgan fingerprint density at radius 1 is 1.21 bits per heavy atom. The zero-order chi connectivity index (χ0) is 14.0. The maximum atomic E-state index is 13.7. The summed E-state index contributed by atoms with van der Waals surface area (Å²) in [5.41, 5.74) is -0.760. The van der Waals surface area contributed by atoms with Gasteiger partial charge in [0, 0.05) is 19.1 Å². The van der Waals surface area contributed by atoms with Crippen molar-refractivity contribution in [2.45, 2.75) is 25.1 Å². The molecule has 0 saturated carbocycles. The van der Waals surface area contributed by atoms with Crippen LogP contribution < -0.4 is 10.2 Å². The monoisotopic (exact) mass is 276 g/mol. The summed E-state index contributed by atoms with van der Waals surface area (Å²) >= 11 is 0. The number of benzene rings is 1. The average molecular weight is 276 g/mol. The SMILES string of the molecule is CNC1CCN(c2cc(C(F)(F)F)ccc2F)CC1. The molecule has 1 heterocycles. The summed E-state index contributed by atoms with van der Waals surface area (Å²) in [5, 5.41) is 3.13. The highest BCUT2D eigenvalue weighted by atomic mass is 19.4. The molecule has 2 rings (SSSR count). The summed E-state index contributed by atoms with van der Waals surface area (Å²) in [4.78, 5) is 1.68. The average Bonchev–Trinajstić information content (AvgIpc) is 2.38. The van der Waals surface area contributed by atoms with E-state index in [2.05, 4.69) is 5.32 Å². The first kappa shape index (κ1) is 14.1. The Morgan fingerprint density at radius 3 is 2.37 bits per heavy atom. The molecule has 1 aromatic rings. The summed E-state index contributed by atoms with van der Waals surface area (Å²) < 4.78 is 51.6. The van der Waals surface area contributed by atoms with Gasteiger partial charge in [0.1, 0.15) is 5.82 Å². The van der Waals surface area contributed by atoms with E-state index in [1.54, 1.807) is 4.90 Å². The highest BCUT2D eigenvalue weighted by Gasteiger charge is 2.32. The fourth-order valence-corrected chi connectivity index (χ4v) is 2.34. The van der Waals surface area contributed by atoms with Crippen LogP contribution in [0.15, 0.2) is 18.2 Å². The first-order valence-electron chi connectivity index (χ1n) is 6.21. The Balaban J connectivity index is 2.20. The van der Waals surface area contributed by atoms with Gasteiger partial charge in [0.15, 0.2) is 0 Å². The molecule has 0 spiro atoms. The van der Waals surface area contributed by atoms with E-state index >= 15 is 0 Å². The van der Waals surface area contributed by atoms with Crippen molar-refractivity contribution >= 4 is 5.69 Å². The lowest BCUT2D eigenvalue weighted by Crippen LogP contribution is -2.41. The van der Waals surface area contributed by atoms with Crippen molar-refractivity contribution in [2.75, 3.05) is 25.0 Å². The van der Waals surface area contributed by atoms with Crippen LogP contribution in [0.5, 0.6) is 0 Å². The Labute approximate surface area is 109 Å². The van der Waals surface area contributed by atoms with Crippen molar-refractivity contribution < 1.29 is 17.6 Å². The first-order chi connectivity index (χ1) is 8.91. The Morgan fingerprint density at radius 2 is 1.84 bits per heavy atom. The lowest BCUT2D eigenvalue weighted by molar-refractivity contribution is -0.137. The zero-order valence-electron chi connectivity index (χ0n) is 10.6. The highest BCUT2D eigenvalue weighted by molar-refractivity contribution is 5.51. The van der Waals surface area contributed by atoms with Gasteiger partial charge in [0.25, 0.3) is 0 Å². The third-order valence-electron chi connectivity index (χ3n) is 3.52. The van der Waals surface area contributed by atoms with E-state index in [-0.39, 0.29) is 5.69 Å². The molecule has 1 fully saturated rings. The number of nitrogens with one attached hydrogen (secondary N) is 1. The Bertz CT molecular complexity index is 437. The first-order valence-corrected chi connectivity index (χ1v) is 6.21. The van der Waals surface area contributed by atoms with E-state index < -0.39 is 17.6 Å². The van der Waals surface area contributed by atoms with Gasteiger partial charge in [-0.15, -0.1) is 0 Å². The molecule has 0 aliphatic carbocycles. The van der Waals surface area contributed by atoms with Crippen LogP contribution in [0, 0.1) is 5.82 Å². The number of anilines is 1. The van der Waals surface area contributed by atoms with E-state index in [4.69, 9.17) is 0 Å². The van der Waals surface area contributed by atoms with Crippen LogP contribution in [0.4, 0.5) is 23.2 Å². The normalized spacial score (nSPS) is 17.8. The largest absolute Gasteiger partial charge is 0.416 e. The van der Waals surface area contributed by atoms with E-state index in [1.807, 2.05) is 7.05 Å². The maximum Gasteiger partial charge on any atom is 0.416 e. The molecule has 0 aromatic heterocycles. The third kappa shape index (κ3) is 3.18. The van der Waals surface area contributed by atoms with E-state index in [1.165, 1.54) is 0 Å². The van der Waals surface area contributed by atoms with Gasteiger partial charge in [0.05, 0.1) is 11.3 Å². The number of piperidine rings is 1. The van der Waals surface area contributed by atoms with Gasteiger partial charge in [-0.05, 0) is 38.1 Å². The molecule has 1 saturated heterocycles. The molecule has 0 bridgehead atoms. The summed E-state index contributed by atoms with van der Waals surface area (Å²) in [6.07, 6.45) is -2.84. The van der Waals surface area contributed by atoms with Crippen molar-refractivity contribution in [3.8, 4) is 0 Å². The molecule has 0 radical (unpaired) electrons. The molecular formula is C13H16F4N2. The van der Waals surface area contributed by atoms with E-state index in [9.17, 15) is 17.6 Å². The molecule has 2 nitrogen and oxygen atoms in total. The van der Waals surface area contributed by atoms with Gasteiger partial charge < -0.3 is 10.2 Å². The molecule has 0 unspecified atom stereocenters. The summed E-state index contributed by atoms with van der Waals surface area (Å²) in [5.74, 6) is -0.601. The third-order valence-corrected chi connectivity index (χ3v) is 3.52. The van der Waals surface area contributed by atoms with Crippen LogP contribution in [-0.2, 0) is 6.18 Å². The smallest absolute Gasteiger partial charge is 0.369 e. The van der Waals surface area contributed by atoms with Crippen molar-refractivity contribution in [3.05, 3.63) is 29.6 Å². The van der Waals surface area contributed by atoms with Crippen molar-refractivity contribution in [1.29, 1.82) is 0 Å². The molecule has 6 heteroatoms. The second-order valence-corrected chi connectivity index (χ2v) is 4.71. The second-order valence-electron chi connectivity index (χ2n) is 4.71. The Kier molecular flexibility index (Phi) is 3.99. The van der Waals surface area contributed by atoms with E-state index in [0.29, 0.717) is 19.1 Å². The molecule has 106 valence electrons. The van der Waals surface area contributed by atoms with Crippen LogP contribution in [0.1, 0.15) is 18.4 Å². The molecular weight excluding hydrogens is 260 g/mol. The van der Waals surface area contributed by atoms with Gasteiger partial charge in [-0.2, -0.15) is 13.2 Å². The predicted molar refractivity (Wildman–Crippen MR) is 65.7 cm³/mol. The van der Waals surface area contributed by atoms with Crippen LogP contribution in [-0.4, -0.2) is 26.2 Å². The molecule has 0 amide bonds. The standard InChI is InChI=1S/C13H16F4N2/c1-18-10-4-6-19(7-5-10)12-8-9(13(15,16)17)2-3-11(12)14/h2-3,8,10,18H,4-7H2,1H3. The minimum absolute atomic E-state index is 0.0457. The van der Waals surface area contributed by atoms with Crippen LogP contribution in [0.2, 0.25) is 0 Å². The second kappa shape index (κ2) is 5.36. The molecule has 19 heavy (non-hydrogen) atoms. The lowest BCUT2D eigenvalue weighted by atomic mass is 10.0. The van der Waals surface area contributed by atoms with Gasteiger partial charge in [-0.3, -0.25) is 0 Å². The zero-order valence-corrected chi connectivity index (χ0v) is 10.6. The molecule has 1 aliphatic rings. The number of alkyl halides is 3. The van der Waals surface area contributed by atoms with Crippen molar-refractivity contribution in [3.63, 3.8) is 0 Å². The van der Waals surface area contributed by atoms with Crippen molar-refractivity contribution in [2.24, 2.45) is 0 Å². The number of halogens is 4. The number of rotatable bonds is 2. The topological polar surface area (TPSA) is 15.3 Å². The number of hydrogen-bond donors (Lipinski definition) is 1. The number of hydrogen-bond acceptors (Lipinski definition) is 2. The van der Waals surface area contributed by atoms with Gasteiger partial charge in [0.2, 0.25) is 0 Å². The van der Waals surface area contributed by atoms with Gasteiger partial charge in [-0.25, -0.2) is 4.39 Å². The van der Waals surface area contributed by atoms with Crippen LogP contribution in [0.25, 0.3) is 0 Å². The molecule has 1 N–H and O–H groups in total. The molecule has 1 aromatic carbocycles. The fourth-order valence-electron chi connectivity index (χ4n) is 2.34. The highest BCUT2D eigenvalue weighted by Crippen LogP contribution is 2.33. The van der Waals surface area contributed by atoms with E-state index in [0.717, 1.165) is 31.0 Å². The minimum atomic E-state index is -4.44. The van der Waals surface area contributed by atoms with Crippen LogP contribution >= 0.6 is 0 Å².